The van der Waals surface area contributed by atoms with E-state index in [1.807, 2.05) is 6.92 Å². The van der Waals surface area contributed by atoms with Crippen molar-refractivity contribution in [2.45, 2.75) is 50.1 Å². The fraction of sp³-hybridized carbons (Fsp3) is 0.818. The van der Waals surface area contributed by atoms with Crippen LogP contribution in [0.3, 0.4) is 0 Å². The highest BCUT2D eigenvalue weighted by molar-refractivity contribution is 9.10. The van der Waals surface area contributed by atoms with E-state index >= 15 is 0 Å². The molecule has 1 N–H and O–H groups in total. The van der Waals surface area contributed by atoms with Gasteiger partial charge in [-0.15, -0.1) is 5.10 Å². The Kier molecular flexibility index (Phi) is 4.62. The number of sulfonamides is 1. The fourth-order valence-corrected chi connectivity index (χ4v) is 5.05. The summed E-state index contributed by atoms with van der Waals surface area (Å²) in [5, 5.41) is 7.49. The van der Waals surface area contributed by atoms with Crippen LogP contribution in [-0.2, 0) is 17.1 Å². The van der Waals surface area contributed by atoms with Gasteiger partial charge in [0.05, 0.1) is 0 Å². The third kappa shape index (κ3) is 3.35. The maximum atomic E-state index is 12.3. The number of nitrogens with one attached hydrogen (secondary N) is 1. The topological polar surface area (TPSA) is 76.9 Å². The van der Waals surface area contributed by atoms with Gasteiger partial charge in [-0.1, -0.05) is 24.5 Å². The number of hydrogen-bond donors (Lipinski definition) is 1. The van der Waals surface area contributed by atoms with E-state index in [1.165, 1.54) is 23.9 Å². The van der Waals surface area contributed by atoms with Gasteiger partial charge >= 0.3 is 0 Å². The minimum atomic E-state index is -3.59. The monoisotopic (exact) mass is 350 g/mol. The van der Waals surface area contributed by atoms with E-state index in [1.54, 1.807) is 7.05 Å². The van der Waals surface area contributed by atoms with E-state index in [-0.39, 0.29) is 15.7 Å². The summed E-state index contributed by atoms with van der Waals surface area (Å²) in [6.45, 7) is 1.94. The van der Waals surface area contributed by atoms with Gasteiger partial charge in [-0.25, -0.2) is 17.8 Å². The molecule has 1 unspecified atom stereocenters. The highest BCUT2D eigenvalue weighted by Crippen LogP contribution is 2.27. The van der Waals surface area contributed by atoms with Crippen LogP contribution in [0.1, 0.15) is 39.0 Å². The molecule has 1 aliphatic carbocycles. The summed E-state index contributed by atoms with van der Waals surface area (Å²) < 4.78 is 29.0. The molecular formula is C11H19BrN4O2S. The summed E-state index contributed by atoms with van der Waals surface area (Å²) in [7, 11) is -2.02. The Morgan fingerprint density at radius 1 is 1.37 bits per heavy atom. The van der Waals surface area contributed by atoms with Crippen LogP contribution in [0.25, 0.3) is 0 Å². The van der Waals surface area contributed by atoms with Crippen LogP contribution >= 0.6 is 15.9 Å². The van der Waals surface area contributed by atoms with Crippen LogP contribution in [0.4, 0.5) is 0 Å². The first kappa shape index (κ1) is 14.9. The van der Waals surface area contributed by atoms with Crippen molar-refractivity contribution in [1.82, 2.24) is 19.7 Å². The molecule has 0 radical (unpaired) electrons. The molecule has 108 valence electrons. The average molecular weight is 351 g/mol. The van der Waals surface area contributed by atoms with Crippen LogP contribution in [0.5, 0.6) is 0 Å². The Hall–Kier alpha value is -0.470. The lowest BCUT2D eigenvalue weighted by Gasteiger charge is -2.27. The van der Waals surface area contributed by atoms with Gasteiger partial charge in [-0.2, -0.15) is 0 Å². The van der Waals surface area contributed by atoms with Gasteiger partial charge in [0.1, 0.15) is 0 Å². The van der Waals surface area contributed by atoms with Crippen LogP contribution in [0.15, 0.2) is 9.63 Å². The average Bonchev–Trinajstić information content (AvgIpc) is 2.70. The van der Waals surface area contributed by atoms with Crippen LogP contribution in [0, 0.1) is 5.92 Å². The fourth-order valence-electron chi connectivity index (χ4n) is 2.64. The molecule has 1 fully saturated rings. The van der Waals surface area contributed by atoms with Crippen LogP contribution in [-0.4, -0.2) is 29.5 Å². The zero-order valence-corrected chi connectivity index (χ0v) is 13.5. The minimum Gasteiger partial charge on any atom is -0.235 e. The van der Waals surface area contributed by atoms with Gasteiger partial charge in [0.15, 0.2) is 4.60 Å². The predicted molar refractivity (Wildman–Crippen MR) is 75.1 cm³/mol. The van der Waals surface area contributed by atoms with E-state index in [9.17, 15) is 8.42 Å². The number of aromatic nitrogens is 3. The summed E-state index contributed by atoms with van der Waals surface area (Å²) in [5.74, 6) is 0.420. The molecule has 0 spiro atoms. The van der Waals surface area contributed by atoms with Crippen molar-refractivity contribution in [2.75, 3.05) is 0 Å². The number of nitrogens with zero attached hydrogens (tertiary/aromatic N) is 3. The molecule has 1 aromatic rings. The number of rotatable bonds is 4. The standard InChI is InChI=1S/C11H19BrN4O2S/c1-8(9-6-4-3-5-7-9)14-19(17,18)11-10(12)13-15-16(11)2/h8-9,14H,3-7H2,1-2H3. The van der Waals surface area contributed by atoms with Gasteiger partial charge in [0.2, 0.25) is 5.03 Å². The van der Waals surface area contributed by atoms with Crippen LogP contribution < -0.4 is 4.72 Å². The molecule has 8 heteroatoms. The van der Waals surface area contributed by atoms with Crippen molar-refractivity contribution in [1.29, 1.82) is 0 Å². The first-order valence-corrected chi connectivity index (χ1v) is 8.77. The van der Waals surface area contributed by atoms with E-state index in [2.05, 4.69) is 31.0 Å². The smallest absolute Gasteiger partial charge is 0.235 e. The van der Waals surface area contributed by atoms with Crippen molar-refractivity contribution < 1.29 is 8.42 Å². The predicted octanol–water partition coefficient (Wildman–Crippen LogP) is 1.82. The van der Waals surface area contributed by atoms with E-state index in [4.69, 9.17) is 0 Å². The Labute approximate surface area is 122 Å². The van der Waals surface area contributed by atoms with Crippen molar-refractivity contribution in [2.24, 2.45) is 13.0 Å². The molecule has 1 saturated carbocycles. The maximum Gasteiger partial charge on any atom is 0.260 e. The zero-order valence-electron chi connectivity index (χ0n) is 11.1. The third-order valence-electron chi connectivity index (χ3n) is 3.69. The van der Waals surface area contributed by atoms with Crippen molar-refractivity contribution >= 4 is 26.0 Å². The molecule has 0 bridgehead atoms. The van der Waals surface area contributed by atoms with Gasteiger partial charge in [-0.05, 0) is 41.6 Å². The van der Waals surface area contributed by atoms with Gasteiger partial charge in [-0.3, -0.25) is 0 Å². The zero-order chi connectivity index (χ0) is 14.0. The summed E-state index contributed by atoms with van der Waals surface area (Å²) in [6.07, 6.45) is 5.82. The Bertz CT molecular complexity index is 517. The summed E-state index contributed by atoms with van der Waals surface area (Å²) >= 11 is 3.13. The summed E-state index contributed by atoms with van der Waals surface area (Å²) in [6, 6.07) is -0.0629. The molecule has 1 aliphatic rings. The Morgan fingerprint density at radius 2 is 2.00 bits per heavy atom. The second kappa shape index (κ2) is 5.88. The molecule has 0 aliphatic heterocycles. The third-order valence-corrected chi connectivity index (χ3v) is 6.13. The molecule has 1 atom stereocenters. The lowest BCUT2D eigenvalue weighted by atomic mass is 9.85. The van der Waals surface area contributed by atoms with Gasteiger partial charge < -0.3 is 0 Å². The Balaban J connectivity index is 2.13. The quantitative estimate of drug-likeness (QED) is 0.898. The van der Waals surface area contributed by atoms with Crippen molar-refractivity contribution in [3.63, 3.8) is 0 Å². The molecule has 1 aromatic heterocycles. The summed E-state index contributed by atoms with van der Waals surface area (Å²) in [5.41, 5.74) is 0. The van der Waals surface area contributed by atoms with Crippen LogP contribution in [0.2, 0.25) is 0 Å². The molecule has 0 saturated heterocycles. The second-order valence-electron chi connectivity index (χ2n) is 5.12. The molecular weight excluding hydrogens is 332 g/mol. The summed E-state index contributed by atoms with van der Waals surface area (Å²) in [4.78, 5) is 0. The lowest BCUT2D eigenvalue weighted by molar-refractivity contribution is 0.302. The molecule has 0 aromatic carbocycles. The van der Waals surface area contributed by atoms with E-state index in [0.29, 0.717) is 5.92 Å². The largest absolute Gasteiger partial charge is 0.260 e. The molecule has 6 nitrogen and oxygen atoms in total. The SMILES string of the molecule is CC(NS(=O)(=O)c1c(Br)nnn1C)C1CCCCC1. The van der Waals surface area contributed by atoms with E-state index < -0.39 is 10.0 Å². The second-order valence-corrected chi connectivity index (χ2v) is 7.50. The number of halogens is 1. The van der Waals surface area contributed by atoms with Crippen molar-refractivity contribution in [3.8, 4) is 0 Å². The first-order valence-electron chi connectivity index (χ1n) is 6.49. The van der Waals surface area contributed by atoms with E-state index in [0.717, 1.165) is 12.8 Å². The normalized spacial score (nSPS) is 19.5. The maximum absolute atomic E-state index is 12.3. The lowest BCUT2D eigenvalue weighted by Crippen LogP contribution is -2.39. The number of hydrogen-bond acceptors (Lipinski definition) is 4. The molecule has 19 heavy (non-hydrogen) atoms. The first-order chi connectivity index (χ1) is 8.92. The van der Waals surface area contributed by atoms with Gasteiger partial charge in [0.25, 0.3) is 10.0 Å². The van der Waals surface area contributed by atoms with Gasteiger partial charge in [0, 0.05) is 13.1 Å². The molecule has 0 amide bonds. The Morgan fingerprint density at radius 3 is 2.53 bits per heavy atom. The molecule has 1 heterocycles. The highest BCUT2D eigenvalue weighted by Gasteiger charge is 2.29. The van der Waals surface area contributed by atoms with Crippen molar-refractivity contribution in [3.05, 3.63) is 4.60 Å². The minimum absolute atomic E-state index is 0.0629. The number of aryl methyl sites for hydroxylation is 1. The highest BCUT2D eigenvalue weighted by atomic mass is 79.9. The molecule has 2 rings (SSSR count).